The van der Waals surface area contributed by atoms with Gasteiger partial charge in [0, 0.05) is 11.4 Å². The molecule has 2 fully saturated rings. The third kappa shape index (κ3) is 2.83. The van der Waals surface area contributed by atoms with Gasteiger partial charge in [-0.05, 0) is 86.3 Å². The normalized spacial score (nSPS) is 22.5. The molecule has 2 unspecified atom stereocenters. The molecule has 148 valence electrons. The number of aromatic nitrogens is 2. The summed E-state index contributed by atoms with van der Waals surface area (Å²) >= 11 is 1.21. The van der Waals surface area contributed by atoms with Crippen LogP contribution in [-0.4, -0.2) is 22.0 Å². The topological polar surface area (TPSA) is 66.9 Å². The zero-order chi connectivity index (χ0) is 19.4. The van der Waals surface area contributed by atoms with Crippen molar-refractivity contribution in [3.63, 3.8) is 0 Å². The van der Waals surface area contributed by atoms with E-state index in [0.717, 1.165) is 56.3 Å². The minimum atomic E-state index is -0.368. The molecule has 3 aromatic rings. The number of hydrogen-bond donors (Lipinski definition) is 2. The van der Waals surface area contributed by atoms with Gasteiger partial charge < -0.3 is 9.88 Å². The average molecular weight is 402 g/mol. The molecule has 2 aliphatic rings. The van der Waals surface area contributed by atoms with Crippen molar-refractivity contribution in [1.82, 2.24) is 14.3 Å². The summed E-state index contributed by atoms with van der Waals surface area (Å²) in [5.41, 5.74) is 0.781. The Morgan fingerprint density at radius 1 is 1.25 bits per heavy atom. The summed E-state index contributed by atoms with van der Waals surface area (Å²) in [4.78, 5) is 25.8. The molecule has 0 radical (unpaired) electrons. The van der Waals surface area contributed by atoms with Gasteiger partial charge in [-0.3, -0.25) is 14.0 Å². The molecule has 7 heteroatoms. The van der Waals surface area contributed by atoms with Crippen molar-refractivity contribution in [2.45, 2.75) is 51.0 Å². The van der Waals surface area contributed by atoms with Crippen LogP contribution in [0.2, 0.25) is 0 Å². The first-order valence-electron chi connectivity index (χ1n) is 10.2. The Bertz CT molecular complexity index is 1170. The van der Waals surface area contributed by atoms with E-state index in [0.29, 0.717) is 22.2 Å². The van der Waals surface area contributed by atoms with E-state index in [1.54, 1.807) is 0 Å². The minimum absolute atomic E-state index is 0.170. The predicted molar refractivity (Wildman–Crippen MR) is 111 cm³/mol. The first kappa shape index (κ1) is 18.1. The number of nitrogens with one attached hydrogen (secondary N) is 2. The highest BCUT2D eigenvalue weighted by molar-refractivity contribution is 7.12. The van der Waals surface area contributed by atoms with E-state index in [9.17, 15) is 9.59 Å². The highest BCUT2D eigenvalue weighted by Gasteiger charge is 2.31. The quantitative estimate of drug-likeness (QED) is 0.682. The number of fused-ring (bicyclic) bond motifs is 2. The van der Waals surface area contributed by atoms with Crippen molar-refractivity contribution in [2.75, 3.05) is 13.1 Å². The Morgan fingerprint density at radius 2 is 2.07 bits per heavy atom. The average Bonchev–Trinajstić information content (AvgIpc) is 3.28. The first-order valence-corrected chi connectivity index (χ1v) is 11.0. The van der Waals surface area contributed by atoms with Gasteiger partial charge in [0.1, 0.15) is 16.0 Å². The number of pyridine rings is 1. The van der Waals surface area contributed by atoms with Crippen molar-refractivity contribution >= 4 is 32.7 Å². The van der Waals surface area contributed by atoms with Crippen molar-refractivity contribution < 1.29 is 4.39 Å². The van der Waals surface area contributed by atoms with Crippen LogP contribution < -0.4 is 16.3 Å². The van der Waals surface area contributed by atoms with Crippen molar-refractivity contribution in [3.8, 4) is 0 Å². The monoisotopic (exact) mass is 401 g/mol. The van der Waals surface area contributed by atoms with E-state index >= 15 is 4.39 Å². The summed E-state index contributed by atoms with van der Waals surface area (Å²) in [5, 5.41) is 3.89. The highest BCUT2D eigenvalue weighted by atomic mass is 32.1. The van der Waals surface area contributed by atoms with E-state index in [1.165, 1.54) is 17.6 Å². The lowest BCUT2D eigenvalue weighted by molar-refractivity contribution is 0.488. The second-order valence-corrected chi connectivity index (χ2v) is 9.01. The summed E-state index contributed by atoms with van der Waals surface area (Å²) in [6.07, 6.45) is 5.11. The largest absolute Gasteiger partial charge is 0.328 e. The summed E-state index contributed by atoms with van der Waals surface area (Å²) in [6.45, 7) is 4.03. The molecule has 2 saturated carbocycles. The van der Waals surface area contributed by atoms with Gasteiger partial charge in [-0.2, -0.15) is 0 Å². The van der Waals surface area contributed by atoms with Gasteiger partial charge in [-0.15, -0.1) is 0 Å². The summed E-state index contributed by atoms with van der Waals surface area (Å²) in [5.74, 6) is 0.451. The van der Waals surface area contributed by atoms with Gasteiger partial charge in [0.05, 0.1) is 5.52 Å². The van der Waals surface area contributed by atoms with Crippen LogP contribution in [-0.2, 0) is 0 Å². The van der Waals surface area contributed by atoms with Gasteiger partial charge in [0.15, 0.2) is 0 Å². The Labute approximate surface area is 165 Å². The number of halogens is 1. The van der Waals surface area contributed by atoms with Gasteiger partial charge in [0.25, 0.3) is 5.56 Å². The van der Waals surface area contributed by atoms with Crippen molar-refractivity contribution in [2.24, 2.45) is 5.92 Å². The maximum atomic E-state index is 15.1. The van der Waals surface area contributed by atoms with Crippen molar-refractivity contribution in [1.29, 1.82) is 0 Å². The van der Waals surface area contributed by atoms with Crippen LogP contribution in [0.25, 0.3) is 21.1 Å². The third-order valence-corrected chi connectivity index (χ3v) is 7.20. The second kappa shape index (κ2) is 6.81. The minimum Gasteiger partial charge on any atom is -0.328 e. The fourth-order valence-electron chi connectivity index (χ4n) is 4.77. The number of H-pyrrole nitrogens is 1. The first-order chi connectivity index (χ1) is 13.6. The Balaban J connectivity index is 1.66. The van der Waals surface area contributed by atoms with Gasteiger partial charge in [-0.25, -0.2) is 4.39 Å². The number of nitrogens with zero attached hydrogens (tertiary/aromatic N) is 1. The molecule has 2 N–H and O–H groups in total. The molecule has 0 bridgehead atoms. The van der Waals surface area contributed by atoms with E-state index in [-0.39, 0.29) is 28.1 Å². The smallest absolute Gasteiger partial charge is 0.271 e. The standard InChI is InChI=1S/C21H24FN3O2S/c1-2-23-10-11-3-4-12(7-11)14-9-17-15(8-16(14)22)19(26)18-20(27)24-28-21(18)25(17)13-5-6-13/h8-9,11-13,23H,2-7,10H2,1H3,(H,24,27). The molecule has 2 atom stereocenters. The van der Waals surface area contributed by atoms with E-state index in [2.05, 4.69) is 21.2 Å². The lowest BCUT2D eigenvalue weighted by atomic mass is 9.94. The molecule has 0 spiro atoms. The lowest BCUT2D eigenvalue weighted by Gasteiger charge is -2.17. The fraction of sp³-hybridized carbons (Fsp3) is 0.524. The zero-order valence-electron chi connectivity index (χ0n) is 15.9. The van der Waals surface area contributed by atoms with E-state index in [4.69, 9.17) is 0 Å². The highest BCUT2D eigenvalue weighted by Crippen LogP contribution is 2.43. The van der Waals surface area contributed by atoms with Crippen LogP contribution in [0, 0.1) is 11.7 Å². The van der Waals surface area contributed by atoms with Gasteiger partial charge in [-0.1, -0.05) is 6.92 Å². The molecule has 5 nitrogen and oxygen atoms in total. The van der Waals surface area contributed by atoms with Crippen LogP contribution in [0.1, 0.15) is 56.6 Å². The zero-order valence-corrected chi connectivity index (χ0v) is 16.7. The molecular formula is C21H24FN3O2S. The summed E-state index contributed by atoms with van der Waals surface area (Å²) < 4.78 is 19.8. The van der Waals surface area contributed by atoms with Crippen molar-refractivity contribution in [3.05, 3.63) is 44.1 Å². The number of benzene rings is 1. The van der Waals surface area contributed by atoms with Crippen LogP contribution in [0.5, 0.6) is 0 Å². The molecule has 0 aliphatic heterocycles. The van der Waals surface area contributed by atoms with Gasteiger partial charge in [0.2, 0.25) is 5.43 Å². The Kier molecular flexibility index (Phi) is 4.39. The number of rotatable bonds is 5. The summed E-state index contributed by atoms with van der Waals surface area (Å²) in [6, 6.07) is 3.56. The second-order valence-electron chi connectivity index (χ2n) is 8.22. The van der Waals surface area contributed by atoms with E-state index in [1.807, 2.05) is 6.07 Å². The molecule has 5 rings (SSSR count). The molecule has 2 aliphatic carbocycles. The molecule has 2 heterocycles. The molecule has 0 saturated heterocycles. The SMILES string of the molecule is CCNCC1CCC(c2cc3c(cc2F)c(=O)c2c(=O)[nH]sc2n3C2CC2)C1. The summed E-state index contributed by atoms with van der Waals surface area (Å²) in [7, 11) is 0. The van der Waals surface area contributed by atoms with E-state index < -0.39 is 0 Å². The molecule has 28 heavy (non-hydrogen) atoms. The van der Waals surface area contributed by atoms with Crippen LogP contribution in [0.4, 0.5) is 4.39 Å². The maximum Gasteiger partial charge on any atom is 0.271 e. The van der Waals surface area contributed by atoms with Crippen LogP contribution >= 0.6 is 11.5 Å². The molecule has 1 aromatic carbocycles. The van der Waals surface area contributed by atoms with Crippen LogP contribution in [0.15, 0.2) is 21.7 Å². The molecule has 2 aromatic heterocycles. The lowest BCUT2D eigenvalue weighted by Crippen LogP contribution is -2.20. The predicted octanol–water partition coefficient (Wildman–Crippen LogP) is 3.87. The fourth-order valence-corrected chi connectivity index (χ4v) is 5.69. The van der Waals surface area contributed by atoms with Gasteiger partial charge >= 0.3 is 0 Å². The van der Waals surface area contributed by atoms with Crippen LogP contribution in [0.3, 0.4) is 0 Å². The Morgan fingerprint density at radius 3 is 2.82 bits per heavy atom. The molecule has 0 amide bonds. The maximum absolute atomic E-state index is 15.1. The Hall–Kier alpha value is -1.99. The number of aromatic amines is 1. The third-order valence-electron chi connectivity index (χ3n) is 6.32. The number of hydrogen-bond acceptors (Lipinski definition) is 4. The molecular weight excluding hydrogens is 377 g/mol.